The molecule has 0 aliphatic heterocycles. The summed E-state index contributed by atoms with van der Waals surface area (Å²) in [7, 11) is 0. The molecule has 0 amide bonds. The van der Waals surface area contributed by atoms with Gasteiger partial charge in [0.1, 0.15) is 10.6 Å². The second-order valence-electron chi connectivity index (χ2n) is 5.28. The lowest BCUT2D eigenvalue weighted by atomic mass is 9.83. The Balaban J connectivity index is 1.92. The van der Waals surface area contributed by atoms with Crippen molar-refractivity contribution < 1.29 is 9.90 Å². The van der Waals surface area contributed by atoms with E-state index >= 15 is 0 Å². The van der Waals surface area contributed by atoms with Gasteiger partial charge < -0.3 is 10.4 Å². The summed E-state index contributed by atoms with van der Waals surface area (Å²) in [5.74, 6) is 0.632. The zero-order chi connectivity index (χ0) is 13.1. The first-order valence-electron chi connectivity index (χ1n) is 6.51. The molecule has 0 spiro atoms. The largest absolute Gasteiger partial charge is 0.478 e. The molecule has 2 N–H and O–H groups in total. The summed E-state index contributed by atoms with van der Waals surface area (Å²) in [6, 6.07) is 0. The predicted molar refractivity (Wildman–Crippen MR) is 73.4 cm³/mol. The molecule has 1 saturated carbocycles. The summed E-state index contributed by atoms with van der Waals surface area (Å²) < 4.78 is 4.11. The molecular weight excluding hydrogens is 248 g/mol. The quantitative estimate of drug-likeness (QED) is 0.878. The van der Waals surface area contributed by atoms with E-state index in [0.717, 1.165) is 12.5 Å². The average molecular weight is 268 g/mol. The molecule has 1 aliphatic carbocycles. The van der Waals surface area contributed by atoms with Gasteiger partial charge in [-0.2, -0.15) is 4.37 Å². The summed E-state index contributed by atoms with van der Waals surface area (Å²) in [5, 5.41) is 13.1. The molecule has 0 radical (unpaired) electrons. The van der Waals surface area contributed by atoms with Gasteiger partial charge in [-0.3, -0.25) is 0 Å². The van der Waals surface area contributed by atoms with Gasteiger partial charge in [0, 0.05) is 6.54 Å². The molecule has 4 nitrogen and oxygen atoms in total. The number of carboxylic acid groups (broad SMARTS) is 1. The molecule has 18 heavy (non-hydrogen) atoms. The van der Waals surface area contributed by atoms with E-state index in [9.17, 15) is 4.79 Å². The Kier molecular flexibility index (Phi) is 4.22. The molecule has 0 bridgehead atoms. The summed E-state index contributed by atoms with van der Waals surface area (Å²) in [6.45, 7) is 4.92. The van der Waals surface area contributed by atoms with Gasteiger partial charge in [-0.05, 0) is 43.1 Å². The van der Waals surface area contributed by atoms with Crippen molar-refractivity contribution in [2.45, 2.75) is 39.5 Å². The monoisotopic (exact) mass is 268 g/mol. The molecule has 0 atom stereocenters. The smallest absolute Gasteiger partial charge is 0.340 e. The minimum atomic E-state index is -0.888. The molecule has 0 unspecified atom stereocenters. The zero-order valence-corrected chi connectivity index (χ0v) is 11.7. The lowest BCUT2D eigenvalue weighted by Gasteiger charge is -2.26. The van der Waals surface area contributed by atoms with Crippen LogP contribution in [0.5, 0.6) is 0 Å². The number of hydrogen-bond acceptors (Lipinski definition) is 4. The van der Waals surface area contributed by atoms with Crippen molar-refractivity contribution in [3.8, 4) is 0 Å². The number of rotatable bonds is 4. The number of nitrogens with one attached hydrogen (secondary N) is 1. The van der Waals surface area contributed by atoms with Gasteiger partial charge in [0.25, 0.3) is 0 Å². The minimum absolute atomic E-state index is 0.337. The van der Waals surface area contributed by atoms with Crippen LogP contribution in [0.3, 0.4) is 0 Å². The topological polar surface area (TPSA) is 62.2 Å². The predicted octanol–water partition coefficient (Wildman–Crippen LogP) is 3.39. The van der Waals surface area contributed by atoms with E-state index < -0.39 is 5.97 Å². The van der Waals surface area contributed by atoms with Crippen molar-refractivity contribution in [3.05, 3.63) is 11.3 Å². The lowest BCUT2D eigenvalue weighted by molar-refractivity contribution is 0.0697. The van der Waals surface area contributed by atoms with Crippen LogP contribution >= 0.6 is 11.5 Å². The SMILES string of the molecule is Cc1nsc(NCC2CCC(C)CC2)c1C(=O)O. The van der Waals surface area contributed by atoms with Crippen molar-refractivity contribution in [3.63, 3.8) is 0 Å². The Morgan fingerprint density at radius 2 is 2.11 bits per heavy atom. The van der Waals surface area contributed by atoms with E-state index in [2.05, 4.69) is 16.6 Å². The van der Waals surface area contributed by atoms with Gasteiger partial charge >= 0.3 is 5.97 Å². The second kappa shape index (κ2) is 5.69. The van der Waals surface area contributed by atoms with E-state index in [1.807, 2.05) is 0 Å². The van der Waals surface area contributed by atoms with Crippen LogP contribution in [0.1, 0.15) is 48.7 Å². The van der Waals surface area contributed by atoms with Crippen LogP contribution in [0.25, 0.3) is 0 Å². The van der Waals surface area contributed by atoms with E-state index in [4.69, 9.17) is 5.11 Å². The Morgan fingerprint density at radius 3 is 2.72 bits per heavy atom. The second-order valence-corrected chi connectivity index (χ2v) is 6.06. The number of anilines is 1. The van der Waals surface area contributed by atoms with Gasteiger partial charge in [-0.1, -0.05) is 19.8 Å². The van der Waals surface area contributed by atoms with Gasteiger partial charge in [0.2, 0.25) is 0 Å². The van der Waals surface area contributed by atoms with Crippen molar-refractivity contribution in [1.29, 1.82) is 0 Å². The summed E-state index contributed by atoms with van der Waals surface area (Å²) in [5.41, 5.74) is 0.941. The van der Waals surface area contributed by atoms with Gasteiger partial charge in [-0.25, -0.2) is 4.79 Å². The number of nitrogens with zero attached hydrogens (tertiary/aromatic N) is 1. The van der Waals surface area contributed by atoms with Crippen LogP contribution in [0.4, 0.5) is 5.00 Å². The highest BCUT2D eigenvalue weighted by Gasteiger charge is 2.21. The number of aromatic nitrogens is 1. The van der Waals surface area contributed by atoms with Crippen LogP contribution in [0.2, 0.25) is 0 Å². The Morgan fingerprint density at radius 1 is 1.44 bits per heavy atom. The molecule has 1 aliphatic rings. The number of carbonyl (C=O) groups is 1. The lowest BCUT2D eigenvalue weighted by Crippen LogP contribution is -2.20. The molecule has 5 heteroatoms. The average Bonchev–Trinajstić information content (AvgIpc) is 2.70. The molecule has 2 rings (SSSR count). The summed E-state index contributed by atoms with van der Waals surface area (Å²) in [6.07, 6.45) is 5.07. The van der Waals surface area contributed by atoms with Crippen LogP contribution in [-0.2, 0) is 0 Å². The first-order chi connectivity index (χ1) is 8.58. The van der Waals surface area contributed by atoms with E-state index in [0.29, 0.717) is 22.2 Å². The molecular formula is C13H20N2O2S. The minimum Gasteiger partial charge on any atom is -0.478 e. The van der Waals surface area contributed by atoms with Crippen LogP contribution in [0.15, 0.2) is 0 Å². The van der Waals surface area contributed by atoms with E-state index in [1.54, 1.807) is 6.92 Å². The molecule has 0 saturated heterocycles. The Hall–Kier alpha value is -1.10. The maximum atomic E-state index is 11.1. The molecule has 1 aromatic heterocycles. The first kappa shape index (κ1) is 13.3. The zero-order valence-electron chi connectivity index (χ0n) is 10.9. The number of aryl methyl sites for hydroxylation is 1. The summed E-state index contributed by atoms with van der Waals surface area (Å²) >= 11 is 1.25. The molecule has 1 fully saturated rings. The van der Waals surface area contributed by atoms with Crippen molar-refractivity contribution in [2.24, 2.45) is 11.8 Å². The van der Waals surface area contributed by atoms with Gasteiger partial charge in [0.15, 0.2) is 0 Å². The van der Waals surface area contributed by atoms with Gasteiger partial charge in [-0.15, -0.1) is 0 Å². The summed E-state index contributed by atoms with van der Waals surface area (Å²) in [4.78, 5) is 11.1. The van der Waals surface area contributed by atoms with Crippen LogP contribution in [0, 0.1) is 18.8 Å². The van der Waals surface area contributed by atoms with Crippen molar-refractivity contribution in [2.75, 3.05) is 11.9 Å². The van der Waals surface area contributed by atoms with Gasteiger partial charge in [0.05, 0.1) is 5.69 Å². The Labute approximate surface area is 112 Å². The Bertz CT molecular complexity index is 423. The number of aromatic carboxylic acids is 1. The van der Waals surface area contributed by atoms with Crippen molar-refractivity contribution >= 4 is 22.5 Å². The highest BCUT2D eigenvalue weighted by Crippen LogP contribution is 2.30. The highest BCUT2D eigenvalue weighted by molar-refractivity contribution is 7.10. The third-order valence-electron chi connectivity index (χ3n) is 3.76. The third kappa shape index (κ3) is 3.02. The standard InChI is InChI=1S/C13H20N2O2S/c1-8-3-5-10(6-4-8)7-14-12-11(13(16)17)9(2)15-18-12/h8,10,14H,3-7H2,1-2H3,(H,16,17). The maximum Gasteiger partial charge on any atom is 0.340 e. The molecule has 100 valence electrons. The maximum absolute atomic E-state index is 11.1. The van der Waals surface area contributed by atoms with Crippen LogP contribution in [-0.4, -0.2) is 22.0 Å². The number of carboxylic acids is 1. The molecule has 0 aromatic carbocycles. The van der Waals surface area contributed by atoms with E-state index in [-0.39, 0.29) is 0 Å². The number of hydrogen-bond donors (Lipinski definition) is 2. The first-order valence-corrected chi connectivity index (χ1v) is 7.28. The third-order valence-corrected chi connectivity index (χ3v) is 4.66. The molecule has 1 heterocycles. The fourth-order valence-electron chi connectivity index (χ4n) is 2.51. The van der Waals surface area contributed by atoms with Crippen LogP contribution < -0.4 is 5.32 Å². The van der Waals surface area contributed by atoms with Crippen molar-refractivity contribution in [1.82, 2.24) is 4.37 Å². The fourth-order valence-corrected chi connectivity index (χ4v) is 3.31. The molecule has 1 aromatic rings. The van der Waals surface area contributed by atoms with E-state index in [1.165, 1.54) is 37.2 Å². The highest BCUT2D eigenvalue weighted by atomic mass is 32.1. The fraction of sp³-hybridized carbons (Fsp3) is 0.692. The normalized spacial score (nSPS) is 23.9.